The molecule has 1 aromatic carbocycles. The van der Waals surface area contributed by atoms with Gasteiger partial charge in [0.15, 0.2) is 0 Å². The number of carbonyl (C=O) groups excluding carboxylic acids is 1. The summed E-state index contributed by atoms with van der Waals surface area (Å²) in [6, 6.07) is 10.3. The largest absolute Gasteiger partial charge is 0.495 e. The number of pyridine rings is 1. The molecule has 7 nitrogen and oxygen atoms in total. The second-order valence-corrected chi connectivity index (χ2v) is 5.43. The number of nitrogens with zero attached hydrogens (tertiary/aromatic N) is 2. The molecular weight excluding hydrogens is 344 g/mol. The number of carbonyl (C=O) groups is 1. The number of nitrogens with one attached hydrogen (secondary N) is 2. The second kappa shape index (κ2) is 7.23. The smallest absolute Gasteiger partial charge is 0.273 e. The lowest BCUT2D eigenvalue weighted by atomic mass is 10.2. The van der Waals surface area contributed by atoms with Gasteiger partial charge in [0.1, 0.15) is 22.9 Å². The zero-order chi connectivity index (χ0) is 17.8. The third-order valence-corrected chi connectivity index (χ3v) is 3.77. The Balaban J connectivity index is 1.84. The van der Waals surface area contributed by atoms with Crippen LogP contribution in [0.4, 0.5) is 5.69 Å². The van der Waals surface area contributed by atoms with Gasteiger partial charge in [0.05, 0.1) is 30.6 Å². The zero-order valence-corrected chi connectivity index (χ0v) is 14.3. The number of halogens is 1. The summed E-state index contributed by atoms with van der Waals surface area (Å²) in [7, 11) is 3.00. The van der Waals surface area contributed by atoms with Gasteiger partial charge in [0.25, 0.3) is 5.91 Å². The van der Waals surface area contributed by atoms with Gasteiger partial charge in [-0.05, 0) is 24.3 Å². The number of anilines is 1. The molecule has 2 aromatic heterocycles. The highest BCUT2D eigenvalue weighted by Gasteiger charge is 2.16. The predicted molar refractivity (Wildman–Crippen MR) is 94.3 cm³/mol. The van der Waals surface area contributed by atoms with E-state index in [0.717, 1.165) is 0 Å². The Kier molecular flexibility index (Phi) is 4.85. The first kappa shape index (κ1) is 16.8. The lowest BCUT2D eigenvalue weighted by Crippen LogP contribution is -2.13. The van der Waals surface area contributed by atoms with Crippen molar-refractivity contribution in [2.75, 3.05) is 19.5 Å². The van der Waals surface area contributed by atoms with Gasteiger partial charge >= 0.3 is 0 Å². The molecule has 0 unspecified atom stereocenters. The summed E-state index contributed by atoms with van der Waals surface area (Å²) < 4.78 is 10.4. The minimum atomic E-state index is -0.380. The molecule has 2 N–H and O–H groups in total. The zero-order valence-electron chi connectivity index (χ0n) is 13.5. The van der Waals surface area contributed by atoms with Crippen LogP contribution < -0.4 is 14.8 Å². The number of aromatic amines is 1. The highest BCUT2D eigenvalue weighted by molar-refractivity contribution is 6.32. The van der Waals surface area contributed by atoms with Crippen molar-refractivity contribution in [1.82, 2.24) is 15.2 Å². The van der Waals surface area contributed by atoms with Gasteiger partial charge in [-0.25, -0.2) is 0 Å². The van der Waals surface area contributed by atoms with E-state index < -0.39 is 0 Å². The third-order valence-electron chi connectivity index (χ3n) is 3.47. The molecule has 0 atom stereocenters. The van der Waals surface area contributed by atoms with Gasteiger partial charge in [0, 0.05) is 12.3 Å². The molecule has 25 heavy (non-hydrogen) atoms. The van der Waals surface area contributed by atoms with Crippen molar-refractivity contribution >= 4 is 23.2 Å². The fourth-order valence-electron chi connectivity index (χ4n) is 2.23. The minimum absolute atomic E-state index is 0.287. The first-order valence-electron chi connectivity index (χ1n) is 7.32. The summed E-state index contributed by atoms with van der Waals surface area (Å²) in [5.41, 5.74) is 1.95. The van der Waals surface area contributed by atoms with E-state index in [1.807, 2.05) is 18.2 Å². The number of ether oxygens (including phenoxy) is 2. The van der Waals surface area contributed by atoms with Crippen molar-refractivity contribution < 1.29 is 14.3 Å². The molecule has 0 aliphatic heterocycles. The van der Waals surface area contributed by atoms with Crippen molar-refractivity contribution in [3.05, 3.63) is 53.3 Å². The van der Waals surface area contributed by atoms with E-state index in [2.05, 4.69) is 20.5 Å². The van der Waals surface area contributed by atoms with E-state index in [0.29, 0.717) is 33.6 Å². The third kappa shape index (κ3) is 3.56. The summed E-state index contributed by atoms with van der Waals surface area (Å²) >= 11 is 6.11. The topological polar surface area (TPSA) is 89.1 Å². The lowest BCUT2D eigenvalue weighted by Gasteiger charge is -2.12. The second-order valence-electron chi connectivity index (χ2n) is 5.02. The van der Waals surface area contributed by atoms with Crippen molar-refractivity contribution in [2.45, 2.75) is 0 Å². The molecule has 1 amide bonds. The number of aromatic nitrogens is 3. The van der Waals surface area contributed by atoms with E-state index in [1.54, 1.807) is 24.4 Å². The summed E-state index contributed by atoms with van der Waals surface area (Å²) in [6.45, 7) is 0. The quantitative estimate of drug-likeness (QED) is 0.729. The van der Waals surface area contributed by atoms with Crippen LogP contribution in [0.5, 0.6) is 11.5 Å². The van der Waals surface area contributed by atoms with Crippen LogP contribution in [0.1, 0.15) is 10.5 Å². The van der Waals surface area contributed by atoms with Crippen LogP contribution in [0.15, 0.2) is 42.6 Å². The van der Waals surface area contributed by atoms with Crippen LogP contribution in [0, 0.1) is 0 Å². The van der Waals surface area contributed by atoms with Crippen molar-refractivity contribution in [2.24, 2.45) is 0 Å². The highest BCUT2D eigenvalue weighted by atomic mass is 35.5. The monoisotopic (exact) mass is 358 g/mol. The van der Waals surface area contributed by atoms with Crippen LogP contribution in [0.3, 0.4) is 0 Å². The summed E-state index contributed by atoms with van der Waals surface area (Å²) in [5.74, 6) is 0.503. The maximum Gasteiger partial charge on any atom is 0.273 e. The molecule has 0 fully saturated rings. The Bertz CT molecular complexity index is 896. The lowest BCUT2D eigenvalue weighted by molar-refractivity contribution is 0.102. The number of benzene rings is 1. The number of hydrogen-bond acceptors (Lipinski definition) is 5. The molecule has 0 spiro atoms. The van der Waals surface area contributed by atoms with Crippen LogP contribution >= 0.6 is 11.6 Å². The predicted octanol–water partition coefficient (Wildman–Crippen LogP) is 3.39. The maximum atomic E-state index is 12.5. The van der Waals surface area contributed by atoms with Gasteiger partial charge in [-0.2, -0.15) is 5.10 Å². The summed E-state index contributed by atoms with van der Waals surface area (Å²) in [5, 5.41) is 9.91. The molecule has 0 aliphatic rings. The minimum Gasteiger partial charge on any atom is -0.495 e. The van der Waals surface area contributed by atoms with Gasteiger partial charge in [-0.1, -0.05) is 17.7 Å². The molecule has 8 heteroatoms. The first-order chi connectivity index (χ1) is 12.1. The van der Waals surface area contributed by atoms with Crippen LogP contribution in [0.2, 0.25) is 5.02 Å². The van der Waals surface area contributed by atoms with E-state index >= 15 is 0 Å². The number of rotatable bonds is 5. The van der Waals surface area contributed by atoms with Crippen LogP contribution in [-0.2, 0) is 0 Å². The van der Waals surface area contributed by atoms with Gasteiger partial charge in [-0.3, -0.25) is 14.9 Å². The van der Waals surface area contributed by atoms with Crippen molar-refractivity contribution in [1.29, 1.82) is 0 Å². The Labute approximate surface area is 148 Å². The van der Waals surface area contributed by atoms with Crippen molar-refractivity contribution in [3.8, 4) is 22.9 Å². The molecule has 3 rings (SSSR count). The highest BCUT2D eigenvalue weighted by Crippen LogP contribution is 2.36. The number of hydrogen-bond donors (Lipinski definition) is 2. The molecule has 2 heterocycles. The standard InChI is InChI=1S/C17H15ClN4O3/c1-24-15-9-16(25-2)13(7-10(15)18)20-17(23)14-8-12(21-22-14)11-5-3-4-6-19-11/h3-9H,1-2H3,(H,20,23)(H,21,22). The van der Waals surface area contributed by atoms with Crippen LogP contribution in [0.25, 0.3) is 11.4 Å². The average Bonchev–Trinajstić information content (AvgIpc) is 3.13. The SMILES string of the molecule is COc1cc(OC)c(NC(=O)c2cc(-c3ccccn3)n[nH]2)cc1Cl. The molecule has 0 saturated heterocycles. The van der Waals surface area contributed by atoms with E-state index in [-0.39, 0.29) is 11.6 Å². The summed E-state index contributed by atoms with van der Waals surface area (Å²) in [6.07, 6.45) is 1.66. The molecule has 0 radical (unpaired) electrons. The maximum absolute atomic E-state index is 12.5. The normalized spacial score (nSPS) is 10.4. The van der Waals surface area contributed by atoms with E-state index in [9.17, 15) is 4.79 Å². The number of H-pyrrole nitrogens is 1. The van der Waals surface area contributed by atoms with E-state index in [4.69, 9.17) is 21.1 Å². The Morgan fingerprint density at radius 3 is 2.60 bits per heavy atom. The molecular formula is C17H15ClN4O3. The fourth-order valence-corrected chi connectivity index (χ4v) is 2.47. The molecule has 0 saturated carbocycles. The Hall–Kier alpha value is -3.06. The van der Waals surface area contributed by atoms with Gasteiger partial charge in [0.2, 0.25) is 0 Å². The average molecular weight is 359 g/mol. The number of amides is 1. The van der Waals surface area contributed by atoms with E-state index in [1.165, 1.54) is 14.2 Å². The molecule has 0 bridgehead atoms. The molecule has 128 valence electrons. The van der Waals surface area contributed by atoms with Crippen molar-refractivity contribution in [3.63, 3.8) is 0 Å². The number of methoxy groups -OCH3 is 2. The summed E-state index contributed by atoms with van der Waals surface area (Å²) in [4.78, 5) is 16.7. The Morgan fingerprint density at radius 2 is 1.92 bits per heavy atom. The Morgan fingerprint density at radius 1 is 1.12 bits per heavy atom. The first-order valence-corrected chi connectivity index (χ1v) is 7.70. The molecule has 3 aromatic rings. The van der Waals surface area contributed by atoms with Gasteiger partial charge in [-0.15, -0.1) is 0 Å². The van der Waals surface area contributed by atoms with Crippen LogP contribution in [-0.4, -0.2) is 35.3 Å². The van der Waals surface area contributed by atoms with Gasteiger partial charge < -0.3 is 14.8 Å². The molecule has 0 aliphatic carbocycles. The fraction of sp³-hybridized carbons (Fsp3) is 0.118.